The first-order valence-electron chi connectivity index (χ1n) is 7.65. The molecule has 2 fully saturated rings. The lowest BCUT2D eigenvalue weighted by Crippen LogP contribution is -2.46. The van der Waals surface area contributed by atoms with Gasteiger partial charge in [-0.3, -0.25) is 9.59 Å². The van der Waals surface area contributed by atoms with Gasteiger partial charge < -0.3 is 14.2 Å². The molecule has 21 heavy (non-hydrogen) atoms. The van der Waals surface area contributed by atoms with Crippen molar-refractivity contribution in [3.63, 3.8) is 0 Å². The van der Waals surface area contributed by atoms with Crippen molar-refractivity contribution in [2.45, 2.75) is 32.6 Å². The van der Waals surface area contributed by atoms with Gasteiger partial charge in [0.2, 0.25) is 5.91 Å². The average molecular weight is 291 g/mol. The summed E-state index contributed by atoms with van der Waals surface area (Å²) < 4.78 is 5.10. The van der Waals surface area contributed by atoms with Crippen molar-refractivity contribution in [1.29, 1.82) is 0 Å². The summed E-state index contributed by atoms with van der Waals surface area (Å²) in [6, 6.07) is 0. The van der Waals surface area contributed by atoms with E-state index >= 15 is 0 Å². The molecule has 1 atom stereocenters. The Hall–Kier alpha value is -1.85. The van der Waals surface area contributed by atoms with E-state index in [1.807, 2.05) is 4.90 Å². The minimum absolute atomic E-state index is 0.0613. The molecule has 2 aliphatic rings. The maximum Gasteiger partial charge on any atom is 0.275 e. The van der Waals surface area contributed by atoms with Gasteiger partial charge in [-0.25, -0.2) is 4.98 Å². The van der Waals surface area contributed by atoms with Gasteiger partial charge in [0.15, 0.2) is 11.6 Å². The van der Waals surface area contributed by atoms with Gasteiger partial charge in [0.05, 0.1) is 5.92 Å². The Morgan fingerprint density at radius 1 is 1.19 bits per heavy atom. The van der Waals surface area contributed by atoms with E-state index in [1.54, 1.807) is 11.8 Å². The molecule has 0 saturated carbocycles. The number of aromatic nitrogens is 1. The molecule has 1 aromatic heterocycles. The van der Waals surface area contributed by atoms with Crippen molar-refractivity contribution in [2.75, 3.05) is 26.2 Å². The van der Waals surface area contributed by atoms with Crippen LogP contribution in [0.4, 0.5) is 0 Å². The van der Waals surface area contributed by atoms with Gasteiger partial charge in [-0.2, -0.15) is 0 Å². The van der Waals surface area contributed by atoms with Crippen LogP contribution in [0.3, 0.4) is 0 Å². The number of likely N-dealkylation sites (tertiary alicyclic amines) is 2. The number of piperidine rings is 1. The van der Waals surface area contributed by atoms with Gasteiger partial charge in [-0.15, -0.1) is 0 Å². The van der Waals surface area contributed by atoms with Crippen molar-refractivity contribution in [2.24, 2.45) is 5.92 Å². The Labute approximate surface area is 124 Å². The third-order valence-corrected chi connectivity index (χ3v) is 4.31. The molecule has 6 nitrogen and oxygen atoms in total. The molecular formula is C15H21N3O3. The van der Waals surface area contributed by atoms with Gasteiger partial charge in [0, 0.05) is 33.1 Å². The van der Waals surface area contributed by atoms with Crippen LogP contribution in [0.25, 0.3) is 0 Å². The Morgan fingerprint density at radius 3 is 2.57 bits per heavy atom. The molecule has 0 N–H and O–H groups in total. The number of oxazole rings is 1. The van der Waals surface area contributed by atoms with E-state index in [1.165, 1.54) is 6.26 Å². The average Bonchev–Trinajstić information content (AvgIpc) is 3.17. The quantitative estimate of drug-likeness (QED) is 0.827. The molecule has 2 aliphatic heterocycles. The van der Waals surface area contributed by atoms with E-state index in [0.717, 1.165) is 38.8 Å². The van der Waals surface area contributed by atoms with E-state index in [2.05, 4.69) is 4.98 Å². The van der Waals surface area contributed by atoms with E-state index in [4.69, 9.17) is 4.42 Å². The lowest BCUT2D eigenvalue weighted by Gasteiger charge is -2.33. The molecule has 1 unspecified atom stereocenters. The normalized spacial score (nSPS) is 22.6. The smallest absolute Gasteiger partial charge is 0.275 e. The van der Waals surface area contributed by atoms with E-state index in [-0.39, 0.29) is 17.7 Å². The Kier molecular flexibility index (Phi) is 3.94. The van der Waals surface area contributed by atoms with Crippen molar-refractivity contribution < 1.29 is 14.0 Å². The van der Waals surface area contributed by atoms with Gasteiger partial charge in [0.1, 0.15) is 6.26 Å². The van der Waals surface area contributed by atoms with Crippen molar-refractivity contribution in [3.05, 3.63) is 17.8 Å². The number of carbonyl (C=O) groups excluding carboxylic acids is 2. The van der Waals surface area contributed by atoms with Gasteiger partial charge >= 0.3 is 0 Å². The highest BCUT2D eigenvalue weighted by atomic mass is 16.3. The number of hydrogen-bond acceptors (Lipinski definition) is 4. The number of hydrogen-bond donors (Lipinski definition) is 0. The highest BCUT2D eigenvalue weighted by Gasteiger charge is 2.33. The van der Waals surface area contributed by atoms with E-state index in [0.29, 0.717) is 24.7 Å². The molecule has 114 valence electrons. The van der Waals surface area contributed by atoms with Crippen LogP contribution in [-0.4, -0.2) is 52.8 Å². The maximum absolute atomic E-state index is 12.5. The Morgan fingerprint density at radius 2 is 1.90 bits per heavy atom. The van der Waals surface area contributed by atoms with Crippen LogP contribution < -0.4 is 0 Å². The molecule has 0 aromatic carbocycles. The standard InChI is InChI=1S/C15H21N3O3/c1-11-16-13(10-21-11)15(20)18-8-4-5-12(9-18)14(19)17-6-2-3-7-17/h10,12H,2-9H2,1H3. The second-order valence-electron chi connectivity index (χ2n) is 5.87. The lowest BCUT2D eigenvalue weighted by molar-refractivity contribution is -0.135. The molecule has 3 rings (SSSR count). The van der Waals surface area contributed by atoms with Crippen LogP contribution >= 0.6 is 0 Å². The molecule has 0 bridgehead atoms. The third-order valence-electron chi connectivity index (χ3n) is 4.31. The number of nitrogens with zero attached hydrogens (tertiary/aromatic N) is 3. The molecular weight excluding hydrogens is 270 g/mol. The zero-order chi connectivity index (χ0) is 14.8. The molecule has 1 aromatic rings. The Bertz CT molecular complexity index is 534. The summed E-state index contributed by atoms with van der Waals surface area (Å²) in [4.78, 5) is 32.6. The van der Waals surface area contributed by atoms with Crippen molar-refractivity contribution in [1.82, 2.24) is 14.8 Å². The van der Waals surface area contributed by atoms with Crippen LogP contribution in [0.2, 0.25) is 0 Å². The monoisotopic (exact) mass is 291 g/mol. The first-order valence-corrected chi connectivity index (χ1v) is 7.65. The highest BCUT2D eigenvalue weighted by molar-refractivity contribution is 5.92. The minimum Gasteiger partial charge on any atom is -0.448 e. The predicted octanol–water partition coefficient (Wildman–Crippen LogP) is 1.46. The zero-order valence-corrected chi connectivity index (χ0v) is 12.4. The van der Waals surface area contributed by atoms with Gasteiger partial charge in [-0.05, 0) is 25.7 Å². The topological polar surface area (TPSA) is 66.7 Å². The summed E-state index contributed by atoms with van der Waals surface area (Å²) in [5.74, 6) is 0.501. The first kappa shape index (κ1) is 14.1. The molecule has 0 spiro atoms. The molecule has 3 heterocycles. The number of rotatable bonds is 2. The van der Waals surface area contributed by atoms with Crippen molar-refractivity contribution in [3.8, 4) is 0 Å². The van der Waals surface area contributed by atoms with Crippen LogP contribution in [-0.2, 0) is 4.79 Å². The minimum atomic E-state index is -0.134. The Balaban J connectivity index is 1.65. The molecule has 0 radical (unpaired) electrons. The SMILES string of the molecule is Cc1nc(C(=O)N2CCCC(C(=O)N3CCCC3)C2)co1. The fourth-order valence-corrected chi connectivity index (χ4v) is 3.18. The van der Waals surface area contributed by atoms with Crippen molar-refractivity contribution >= 4 is 11.8 Å². The summed E-state index contributed by atoms with van der Waals surface area (Å²) in [5, 5.41) is 0. The lowest BCUT2D eigenvalue weighted by atomic mass is 9.96. The summed E-state index contributed by atoms with van der Waals surface area (Å²) in [7, 11) is 0. The summed E-state index contributed by atoms with van der Waals surface area (Å²) >= 11 is 0. The maximum atomic E-state index is 12.5. The number of aryl methyl sites for hydroxylation is 1. The fourth-order valence-electron chi connectivity index (χ4n) is 3.18. The number of amides is 2. The van der Waals surface area contributed by atoms with Gasteiger partial charge in [-0.1, -0.05) is 0 Å². The molecule has 6 heteroatoms. The summed E-state index contributed by atoms with van der Waals surface area (Å²) in [6.07, 6.45) is 5.33. The summed E-state index contributed by atoms with van der Waals surface area (Å²) in [5.41, 5.74) is 0.335. The molecule has 2 saturated heterocycles. The van der Waals surface area contributed by atoms with E-state index < -0.39 is 0 Å². The van der Waals surface area contributed by atoms with Crippen LogP contribution in [0, 0.1) is 12.8 Å². The van der Waals surface area contributed by atoms with E-state index in [9.17, 15) is 9.59 Å². The van der Waals surface area contributed by atoms with Crippen LogP contribution in [0.15, 0.2) is 10.7 Å². The van der Waals surface area contributed by atoms with Gasteiger partial charge in [0.25, 0.3) is 5.91 Å². The predicted molar refractivity (Wildman–Crippen MR) is 75.7 cm³/mol. The second-order valence-corrected chi connectivity index (χ2v) is 5.87. The largest absolute Gasteiger partial charge is 0.448 e. The molecule has 2 amide bonds. The molecule has 0 aliphatic carbocycles. The van der Waals surface area contributed by atoms with Crippen LogP contribution in [0.1, 0.15) is 42.1 Å². The zero-order valence-electron chi connectivity index (χ0n) is 12.4. The second kappa shape index (κ2) is 5.87. The summed E-state index contributed by atoms with van der Waals surface area (Å²) in [6.45, 7) is 4.64. The highest BCUT2D eigenvalue weighted by Crippen LogP contribution is 2.22. The third kappa shape index (κ3) is 2.94. The first-order chi connectivity index (χ1) is 10.1. The van der Waals surface area contributed by atoms with Crippen LogP contribution in [0.5, 0.6) is 0 Å². The fraction of sp³-hybridized carbons (Fsp3) is 0.667. The number of carbonyl (C=O) groups is 2.